The molecule has 22 heteroatoms. The standard InChI is InChI=1S/C27H31BN4O6.C16H22N2O4.C5H10O.CH3IO2S/c1-32(15-12-31(13-16-32)27(35)20-3-5-21(6-4-20)28(36)37)14-2-18-38-22-7-8-25-24(19-22)23(9-10-29-25)26(34)30-11-17-33;1-18-8-4-5-12(18)15(19)16(20)17-10-11-6-7-13(21-2)14(9-11)22-3;1-4-5(2)6-3;1-3-4-5-2/h3-10,17,19,36-37H,2,11-16,18H2,1H3;6-7,9,12H,4-5,8,10H2,1-3H3,(H,17,20);4H,1-3H3;1H3/p+1/b;;5-4+;. The first-order valence-corrected chi connectivity index (χ1v) is 26.1. The number of ketones is 1. The zero-order valence-electron chi connectivity index (χ0n) is 41.7. The van der Waals surface area contributed by atoms with E-state index in [4.69, 9.17) is 18.9 Å². The normalized spacial score (nSPS) is 15.0. The third-order valence-corrected chi connectivity index (χ3v) is 12.4. The van der Waals surface area contributed by atoms with Gasteiger partial charge in [0.2, 0.25) is 5.78 Å². The molecule has 2 aliphatic heterocycles. The average molecular weight is 1120 g/mol. The Morgan fingerprint density at radius 2 is 1.65 bits per heavy atom. The highest BCUT2D eigenvalue weighted by molar-refractivity contribution is 14.2. The van der Waals surface area contributed by atoms with Crippen LogP contribution in [0.2, 0.25) is 0 Å². The largest absolute Gasteiger partial charge is 0.502 e. The zero-order valence-corrected chi connectivity index (χ0v) is 44.7. The lowest BCUT2D eigenvalue weighted by Crippen LogP contribution is -2.58. The summed E-state index contributed by atoms with van der Waals surface area (Å²) in [6.45, 7) is 9.32. The van der Waals surface area contributed by atoms with Gasteiger partial charge in [-0.3, -0.25) is 29.1 Å². The number of allylic oxidation sites excluding steroid dienone is 2. The van der Waals surface area contributed by atoms with Gasteiger partial charge >= 0.3 is 7.12 Å². The molecule has 0 bridgehead atoms. The minimum absolute atomic E-state index is 0.0511. The summed E-state index contributed by atoms with van der Waals surface area (Å²) >= 11 is 1.96. The number of likely N-dealkylation sites (tertiary alicyclic amines) is 1. The number of fused-ring (bicyclic) bond motifs is 1. The molecule has 0 spiro atoms. The molecule has 0 aliphatic carbocycles. The summed E-state index contributed by atoms with van der Waals surface area (Å²) < 4.78 is 26.2. The highest BCUT2D eigenvalue weighted by Crippen LogP contribution is 2.28. The minimum Gasteiger partial charge on any atom is -0.502 e. The number of hydrogen-bond donors (Lipinski definition) is 4. The first-order chi connectivity index (χ1) is 34.1. The number of carbonyl (C=O) groups excluding carboxylic acids is 5. The van der Waals surface area contributed by atoms with Crippen LogP contribution in [-0.2, 0) is 34.9 Å². The Balaban J connectivity index is 0.000000338. The van der Waals surface area contributed by atoms with Crippen LogP contribution in [0.1, 0.15) is 59.4 Å². The van der Waals surface area contributed by atoms with Gasteiger partial charge in [0, 0.05) is 51.3 Å². The van der Waals surface area contributed by atoms with E-state index in [9.17, 15) is 34.0 Å². The van der Waals surface area contributed by atoms with Gasteiger partial charge in [-0.15, -0.1) is 0 Å². The van der Waals surface area contributed by atoms with E-state index in [1.54, 1.807) is 76.1 Å². The Morgan fingerprint density at radius 1 is 0.944 bits per heavy atom. The maximum atomic E-state index is 12.8. The van der Waals surface area contributed by atoms with Gasteiger partial charge in [-0.05, 0) is 99.8 Å². The molecule has 3 aromatic carbocycles. The lowest BCUT2D eigenvalue weighted by Gasteiger charge is -2.42. The summed E-state index contributed by atoms with van der Waals surface area (Å²) in [5.41, 5.74) is 2.85. The fraction of sp³-hybridized carbons (Fsp3) is 0.429. The van der Waals surface area contributed by atoms with Crippen LogP contribution in [0.25, 0.3) is 10.9 Å². The van der Waals surface area contributed by atoms with Crippen LogP contribution in [0.4, 0.5) is 0 Å². The third-order valence-electron chi connectivity index (χ3n) is 11.7. The molecule has 2 aliphatic rings. The van der Waals surface area contributed by atoms with Crippen molar-refractivity contribution in [3.05, 3.63) is 101 Å². The van der Waals surface area contributed by atoms with Crippen molar-refractivity contribution in [2.24, 2.45) is 0 Å². The molecule has 4 aromatic rings. The van der Waals surface area contributed by atoms with Crippen molar-refractivity contribution < 1.29 is 66.7 Å². The van der Waals surface area contributed by atoms with Crippen molar-refractivity contribution in [3.8, 4) is 17.2 Å². The molecule has 386 valence electrons. The predicted octanol–water partition coefficient (Wildman–Crippen LogP) is 4.32. The average Bonchev–Trinajstić information content (AvgIpc) is 3.83. The summed E-state index contributed by atoms with van der Waals surface area (Å²) in [4.78, 5) is 72.2. The van der Waals surface area contributed by atoms with E-state index in [2.05, 4.69) is 31.9 Å². The number of Topliss-reactive ketones (excluding diaryl/α,β-unsaturated/α-hetero) is 1. The molecule has 1 aromatic heterocycles. The Bertz CT molecular complexity index is 2350. The molecule has 71 heavy (non-hydrogen) atoms. The van der Waals surface area contributed by atoms with E-state index < -0.39 is 13.0 Å². The van der Waals surface area contributed by atoms with Gasteiger partial charge in [-0.25, -0.2) is 4.89 Å². The number of nitrogens with zero attached hydrogens (tertiary/aromatic N) is 4. The van der Waals surface area contributed by atoms with Gasteiger partial charge in [0.1, 0.15) is 21.2 Å². The second kappa shape index (κ2) is 31.9. The van der Waals surface area contributed by atoms with Gasteiger partial charge in [0.25, 0.3) is 17.7 Å². The van der Waals surface area contributed by atoms with Gasteiger partial charge in [-0.1, -0.05) is 24.3 Å². The minimum atomic E-state index is -1.55. The molecular weight excluding hydrogens is 1050 g/mol. The first kappa shape index (κ1) is 60.0. The molecule has 3 amide bonds. The maximum Gasteiger partial charge on any atom is 0.488 e. The quantitative estimate of drug-likeness (QED) is 0.00981. The number of piperazine rings is 1. The van der Waals surface area contributed by atoms with E-state index in [1.807, 2.05) is 76.2 Å². The number of nitrogens with one attached hydrogen (secondary N) is 2. The number of quaternary nitrogens is 1. The third kappa shape index (κ3) is 19.7. The van der Waals surface area contributed by atoms with Crippen LogP contribution in [0.3, 0.4) is 0 Å². The van der Waals surface area contributed by atoms with Crippen molar-refractivity contribution in [3.63, 3.8) is 0 Å². The molecule has 19 nitrogen and oxygen atoms in total. The van der Waals surface area contributed by atoms with E-state index >= 15 is 0 Å². The van der Waals surface area contributed by atoms with Crippen molar-refractivity contribution in [1.82, 2.24) is 25.4 Å². The Hall–Kier alpha value is -5.34. The molecule has 2 saturated heterocycles. The SMILES string of the molecule is C/C=C(\C)OC.COOSI.COc1ccc(CNC(=O)C(=O)C2CCCN2C)cc1OC.C[N+]1(CCCOc2ccc3nccc(C(=O)NCC=O)c3c2)CCN(C(=O)c2ccc(B(O)O)cc2)CC1. The number of benzene rings is 3. The van der Waals surface area contributed by atoms with Crippen molar-refractivity contribution in [2.75, 3.05) is 95.0 Å². The lowest BCUT2D eigenvalue weighted by molar-refractivity contribution is -0.913. The number of methoxy groups -OCH3 is 3. The van der Waals surface area contributed by atoms with E-state index in [0.29, 0.717) is 70.7 Å². The van der Waals surface area contributed by atoms with Crippen molar-refractivity contribution in [1.29, 1.82) is 0 Å². The van der Waals surface area contributed by atoms with Crippen molar-refractivity contribution >= 4 is 83.7 Å². The number of rotatable bonds is 19. The highest BCUT2D eigenvalue weighted by atomic mass is 127. The fourth-order valence-electron chi connectivity index (χ4n) is 7.43. The van der Waals surface area contributed by atoms with Crippen molar-refractivity contribution in [2.45, 2.75) is 45.7 Å². The van der Waals surface area contributed by atoms with Gasteiger partial charge in [0.15, 0.2) is 11.5 Å². The van der Waals surface area contributed by atoms with E-state index in [1.165, 1.54) is 7.11 Å². The number of aromatic nitrogens is 1. The number of halogens is 1. The predicted molar refractivity (Wildman–Crippen MR) is 281 cm³/mol. The number of ether oxygens (including phenoxy) is 4. The molecule has 1 atom stereocenters. The number of pyridine rings is 1. The van der Waals surface area contributed by atoms with Crippen LogP contribution < -0.4 is 30.3 Å². The number of hydrogen-bond acceptors (Lipinski definition) is 16. The molecule has 4 N–H and O–H groups in total. The van der Waals surface area contributed by atoms with Gasteiger partial charge in [-0.2, -0.15) is 4.33 Å². The number of amides is 3. The number of likely N-dealkylation sites (N-methyl/N-ethyl adjacent to an activating group) is 2. The molecule has 6 rings (SSSR count). The molecule has 0 saturated carbocycles. The van der Waals surface area contributed by atoms with Gasteiger partial charge in [0.05, 0.1) is 104 Å². The van der Waals surface area contributed by atoms with Gasteiger partial charge < -0.3 is 53.8 Å². The zero-order chi connectivity index (χ0) is 52.3. The monoisotopic (exact) mass is 1120 g/mol. The summed E-state index contributed by atoms with van der Waals surface area (Å²) in [6, 6.07) is 18.5. The Labute approximate surface area is 433 Å². The summed E-state index contributed by atoms with van der Waals surface area (Å²) in [5, 5.41) is 24.4. The van der Waals surface area contributed by atoms with Crippen LogP contribution in [0.5, 0.6) is 17.2 Å². The molecule has 1 unspecified atom stereocenters. The second-order valence-corrected chi connectivity index (χ2v) is 17.8. The van der Waals surface area contributed by atoms with Crippen LogP contribution in [0, 0.1) is 0 Å². The smallest absolute Gasteiger partial charge is 0.488 e. The Morgan fingerprint density at radius 3 is 2.20 bits per heavy atom. The second-order valence-electron chi connectivity index (χ2n) is 16.5. The fourth-order valence-corrected chi connectivity index (χ4v) is 7.92. The Kier molecular flexibility index (Phi) is 26.9. The molecule has 3 heterocycles. The van der Waals surface area contributed by atoms with E-state index in [-0.39, 0.29) is 36.7 Å². The summed E-state index contributed by atoms with van der Waals surface area (Å²) in [5.74, 6) is 1.55. The first-order valence-electron chi connectivity index (χ1n) is 22.8. The number of aldehydes is 1. The van der Waals surface area contributed by atoms with Crippen LogP contribution in [-0.4, -0.2) is 167 Å². The molecular formula is C49H67BIN6O13S+. The lowest BCUT2D eigenvalue weighted by atomic mass is 9.80. The highest BCUT2D eigenvalue weighted by Gasteiger charge is 2.33. The molecule has 2 fully saturated rings. The topological polar surface area (TPSA) is 225 Å². The maximum absolute atomic E-state index is 12.8. The number of carbonyl (C=O) groups is 5. The van der Waals surface area contributed by atoms with E-state index in [0.717, 1.165) is 70.5 Å². The van der Waals surface area contributed by atoms with Crippen LogP contribution in [0.15, 0.2) is 84.8 Å². The van der Waals surface area contributed by atoms with Crippen LogP contribution >= 0.6 is 30.4 Å². The summed E-state index contributed by atoms with van der Waals surface area (Å²) in [6.07, 6.45) is 6.65. The molecule has 0 radical (unpaired) electrons. The summed E-state index contributed by atoms with van der Waals surface area (Å²) in [7, 11) is 9.91.